The van der Waals surface area contributed by atoms with Gasteiger partial charge in [0.1, 0.15) is 30.0 Å². The van der Waals surface area contributed by atoms with E-state index in [0.717, 1.165) is 0 Å². The van der Waals surface area contributed by atoms with Gasteiger partial charge in [-0.2, -0.15) is 0 Å². The highest BCUT2D eigenvalue weighted by molar-refractivity contribution is 6.27. The Balaban J connectivity index is 1.99. The molecule has 0 saturated carbocycles. The van der Waals surface area contributed by atoms with Crippen molar-refractivity contribution in [3.63, 3.8) is 0 Å². The molecule has 0 radical (unpaired) electrons. The number of carboxylic acid groups (broad SMARTS) is 1. The number of likely N-dealkylation sites (tertiary alicyclic amines) is 1. The minimum absolute atomic E-state index is 0.125. The van der Waals surface area contributed by atoms with Gasteiger partial charge in [-0.1, -0.05) is 60.7 Å². The van der Waals surface area contributed by atoms with Crippen LogP contribution >= 0.6 is 11.6 Å². The van der Waals surface area contributed by atoms with Crippen LogP contribution in [0.4, 0.5) is 0 Å². The zero-order valence-electron chi connectivity index (χ0n) is 27.6. The quantitative estimate of drug-likeness (QED) is 0.0463. The second kappa shape index (κ2) is 19.7. The van der Waals surface area contributed by atoms with Crippen LogP contribution < -0.4 is 32.7 Å². The molecule has 16 heteroatoms. The monoisotopic (exact) mass is 712 g/mol. The number of hydrogen-bond donors (Lipinski definition) is 8. The third-order valence-corrected chi connectivity index (χ3v) is 8.61. The van der Waals surface area contributed by atoms with Crippen molar-refractivity contribution >= 4 is 53.1 Å². The van der Waals surface area contributed by atoms with Gasteiger partial charge in [-0.05, 0) is 49.7 Å². The summed E-state index contributed by atoms with van der Waals surface area (Å²) in [5.41, 5.74) is 12.4. The minimum atomic E-state index is -1.29. The van der Waals surface area contributed by atoms with Gasteiger partial charge in [0.25, 0.3) is 0 Å². The average Bonchev–Trinajstić information content (AvgIpc) is 3.11. The first kappa shape index (κ1) is 39.3. The molecule has 0 aromatic heterocycles. The Morgan fingerprint density at radius 2 is 1.50 bits per heavy atom. The first-order chi connectivity index (χ1) is 23.9. The van der Waals surface area contributed by atoms with Gasteiger partial charge < -0.3 is 42.7 Å². The number of alkyl halides is 1. The molecular weight excluding hydrogens is 668 g/mol. The lowest BCUT2D eigenvalue weighted by Gasteiger charge is -2.38. The maximum absolute atomic E-state index is 14.2. The van der Waals surface area contributed by atoms with Crippen molar-refractivity contribution in [2.75, 3.05) is 19.0 Å². The lowest BCUT2D eigenvalue weighted by atomic mass is 9.84. The van der Waals surface area contributed by atoms with Gasteiger partial charge >= 0.3 is 5.97 Å². The number of carbonyl (C=O) groups excluding carboxylic acids is 5. The maximum atomic E-state index is 14.2. The molecule has 3 rings (SSSR count). The number of hydrogen-bond acceptors (Lipinski definition) is 7. The first-order valence-corrected chi connectivity index (χ1v) is 16.9. The predicted octanol–water partition coefficient (Wildman–Crippen LogP) is 0.506. The number of piperidine rings is 1. The van der Waals surface area contributed by atoms with E-state index in [1.54, 1.807) is 24.3 Å². The summed E-state index contributed by atoms with van der Waals surface area (Å²) in [5.74, 6) is -6.03. The van der Waals surface area contributed by atoms with Crippen LogP contribution in [0.15, 0.2) is 60.7 Å². The van der Waals surface area contributed by atoms with Gasteiger partial charge in [-0.3, -0.25) is 34.2 Å². The van der Waals surface area contributed by atoms with E-state index in [1.807, 2.05) is 36.4 Å². The number of aliphatic carboxylic acids is 1. The van der Waals surface area contributed by atoms with Crippen LogP contribution in [0, 0.1) is 5.41 Å². The number of benzene rings is 2. The molecule has 0 bridgehead atoms. The van der Waals surface area contributed by atoms with Crippen LogP contribution in [0.2, 0.25) is 0 Å². The van der Waals surface area contributed by atoms with Gasteiger partial charge in [0.05, 0.1) is 0 Å². The van der Waals surface area contributed by atoms with E-state index in [4.69, 9.17) is 28.5 Å². The molecule has 270 valence electrons. The third kappa shape index (κ3) is 11.8. The van der Waals surface area contributed by atoms with Crippen molar-refractivity contribution < 1.29 is 33.9 Å². The highest BCUT2D eigenvalue weighted by Gasteiger charge is 2.40. The number of carboxylic acids is 1. The summed E-state index contributed by atoms with van der Waals surface area (Å²) in [5, 5.41) is 27.3. The fourth-order valence-electron chi connectivity index (χ4n) is 5.95. The molecule has 5 amide bonds. The van der Waals surface area contributed by atoms with Gasteiger partial charge in [-0.25, -0.2) is 0 Å². The fraction of sp³-hybridized carbons (Fsp3) is 0.441. The van der Waals surface area contributed by atoms with E-state index in [0.29, 0.717) is 30.4 Å². The highest BCUT2D eigenvalue weighted by Crippen LogP contribution is 2.29. The summed E-state index contributed by atoms with van der Waals surface area (Å²) in [6, 6.07) is 13.4. The van der Waals surface area contributed by atoms with E-state index in [-0.39, 0.29) is 38.3 Å². The molecule has 1 aliphatic heterocycles. The van der Waals surface area contributed by atoms with Crippen molar-refractivity contribution in [3.05, 3.63) is 71.8 Å². The summed E-state index contributed by atoms with van der Waals surface area (Å²) in [4.78, 5) is 79.5. The van der Waals surface area contributed by atoms with Crippen molar-refractivity contribution in [2.45, 2.75) is 75.0 Å². The number of amides is 5. The topological polar surface area (TPSA) is 250 Å². The lowest BCUT2D eigenvalue weighted by molar-refractivity contribution is -0.146. The van der Waals surface area contributed by atoms with Crippen LogP contribution in [0.3, 0.4) is 0 Å². The van der Waals surface area contributed by atoms with Crippen LogP contribution in [0.1, 0.15) is 62.0 Å². The Hall–Kier alpha value is -5.18. The summed E-state index contributed by atoms with van der Waals surface area (Å²) in [7, 11) is 0. The molecule has 0 spiro atoms. The molecule has 50 heavy (non-hydrogen) atoms. The van der Waals surface area contributed by atoms with Crippen molar-refractivity contribution in [1.82, 2.24) is 26.2 Å². The lowest BCUT2D eigenvalue weighted by Crippen LogP contribution is -2.61. The predicted molar refractivity (Wildman–Crippen MR) is 186 cm³/mol. The molecule has 1 saturated heterocycles. The van der Waals surface area contributed by atoms with Crippen molar-refractivity contribution in [1.29, 1.82) is 5.41 Å². The van der Waals surface area contributed by atoms with Crippen LogP contribution in [0.25, 0.3) is 0 Å². The molecule has 1 heterocycles. The number of nitrogens with two attached hydrogens (primary N) is 2. The maximum Gasteiger partial charge on any atom is 0.303 e. The summed E-state index contributed by atoms with van der Waals surface area (Å²) in [6.07, 6.45) is 1.24. The Kier molecular flexibility index (Phi) is 15.5. The number of rotatable bonds is 18. The molecule has 1 aliphatic rings. The Bertz CT molecular complexity index is 1460. The fourth-order valence-corrected chi connectivity index (χ4v) is 6.03. The van der Waals surface area contributed by atoms with E-state index in [2.05, 4.69) is 21.3 Å². The highest BCUT2D eigenvalue weighted by atomic mass is 35.5. The minimum Gasteiger partial charge on any atom is -0.481 e. The van der Waals surface area contributed by atoms with Gasteiger partial charge in [0, 0.05) is 25.4 Å². The number of nitrogens with one attached hydrogen (secondary N) is 5. The van der Waals surface area contributed by atoms with Crippen molar-refractivity contribution in [2.24, 2.45) is 11.5 Å². The second-order valence-electron chi connectivity index (χ2n) is 12.0. The number of primary amides is 1. The summed E-state index contributed by atoms with van der Waals surface area (Å²) in [6.45, 7) is 0.420. The summed E-state index contributed by atoms with van der Waals surface area (Å²) < 4.78 is 0. The molecule has 2 aromatic carbocycles. The zero-order valence-corrected chi connectivity index (χ0v) is 28.4. The second-order valence-corrected chi connectivity index (χ2v) is 12.2. The molecular formula is C34H45ClN8O7. The molecule has 10 N–H and O–H groups in total. The normalized spacial score (nSPS) is 16.0. The zero-order chi connectivity index (χ0) is 36.6. The molecule has 1 fully saturated rings. The number of nitrogens with zero attached hydrogens (tertiary/aromatic N) is 1. The van der Waals surface area contributed by atoms with Crippen LogP contribution in [-0.4, -0.2) is 94.6 Å². The van der Waals surface area contributed by atoms with Crippen molar-refractivity contribution in [3.8, 4) is 0 Å². The Morgan fingerprint density at radius 3 is 2.04 bits per heavy atom. The third-order valence-electron chi connectivity index (χ3n) is 8.37. The smallest absolute Gasteiger partial charge is 0.303 e. The van der Waals surface area contributed by atoms with E-state index in [1.165, 1.54) is 4.90 Å². The van der Waals surface area contributed by atoms with E-state index in [9.17, 15) is 33.9 Å². The molecule has 0 aliphatic carbocycles. The van der Waals surface area contributed by atoms with E-state index < -0.39 is 77.9 Å². The molecule has 15 nitrogen and oxygen atoms in total. The summed E-state index contributed by atoms with van der Waals surface area (Å²) >= 11 is 5.65. The van der Waals surface area contributed by atoms with Gasteiger partial charge in [0.2, 0.25) is 29.5 Å². The molecule has 4 atom stereocenters. The SMILES string of the molecule is N=C(N)NCCC[C@H](NC(=O)[C@@H](NC(=O)[C@@H]1CCCCN1C(=O)[C@H](CCC(=O)O)NC(=O)CCl)C(c1ccccc1)c1ccccc1)C(N)=O. The van der Waals surface area contributed by atoms with Crippen LogP contribution in [0.5, 0.6) is 0 Å². The van der Waals surface area contributed by atoms with Crippen LogP contribution in [-0.2, 0) is 28.8 Å². The Labute approximate surface area is 295 Å². The Morgan fingerprint density at radius 1 is 0.880 bits per heavy atom. The van der Waals surface area contributed by atoms with Gasteiger partial charge in [-0.15, -0.1) is 11.6 Å². The number of guanidine groups is 1. The largest absolute Gasteiger partial charge is 0.481 e. The number of halogens is 1. The number of carbonyl (C=O) groups is 6. The average molecular weight is 713 g/mol. The molecule has 0 unspecified atom stereocenters. The van der Waals surface area contributed by atoms with E-state index >= 15 is 0 Å². The molecule has 2 aromatic rings. The first-order valence-electron chi connectivity index (χ1n) is 16.4. The standard InChI is InChI=1S/C34H45ClN8O7/c35-20-26(44)40-24(16-17-27(45)46)33(50)43-19-8-7-15-25(43)31(48)42-29(32(49)41-23(30(36)47)14-9-18-39-34(37)38)28(21-10-3-1-4-11-21)22-12-5-2-6-13-22/h1-6,10-13,23-25,28-29H,7-9,14-20H2,(H2,36,47)(H,40,44)(H,41,49)(H,42,48)(H,45,46)(H4,37,38,39)/t23-,24-,25-,29-/m0/s1. The van der Waals surface area contributed by atoms with Gasteiger partial charge in [0.15, 0.2) is 5.96 Å².